The van der Waals surface area contributed by atoms with Crippen molar-refractivity contribution in [3.05, 3.63) is 89.0 Å². The van der Waals surface area contributed by atoms with Crippen LogP contribution in [0.2, 0.25) is 0 Å². The van der Waals surface area contributed by atoms with Gasteiger partial charge in [0.05, 0.1) is 5.54 Å². The molecule has 1 heteroatoms. The SMILES string of the molecule is CC(C)(C)N=Cc1c(C2C=Cc3ccccc32)ccc2ccccc12. The summed E-state index contributed by atoms with van der Waals surface area (Å²) in [6, 6.07) is 21.7. The van der Waals surface area contributed by atoms with E-state index in [0.717, 1.165) is 0 Å². The molecule has 0 N–H and O–H groups in total. The topological polar surface area (TPSA) is 12.4 Å². The predicted octanol–water partition coefficient (Wildman–Crippen LogP) is 6.22. The van der Waals surface area contributed by atoms with Gasteiger partial charge in [-0.2, -0.15) is 0 Å². The van der Waals surface area contributed by atoms with Crippen molar-refractivity contribution < 1.29 is 0 Å². The largest absolute Gasteiger partial charge is 0.287 e. The number of allylic oxidation sites excluding steroid dienone is 1. The summed E-state index contributed by atoms with van der Waals surface area (Å²) in [5.41, 5.74) is 5.17. The summed E-state index contributed by atoms with van der Waals surface area (Å²) in [5.74, 6) is 0.294. The average molecular weight is 325 g/mol. The van der Waals surface area contributed by atoms with Crippen molar-refractivity contribution in [2.45, 2.75) is 32.2 Å². The minimum absolute atomic E-state index is 0.0857. The summed E-state index contributed by atoms with van der Waals surface area (Å²) in [5, 5.41) is 2.53. The van der Waals surface area contributed by atoms with E-state index in [1.807, 2.05) is 0 Å². The van der Waals surface area contributed by atoms with E-state index in [-0.39, 0.29) is 5.54 Å². The first-order valence-corrected chi connectivity index (χ1v) is 8.87. The van der Waals surface area contributed by atoms with Gasteiger partial charge in [0.1, 0.15) is 0 Å². The van der Waals surface area contributed by atoms with E-state index in [1.54, 1.807) is 0 Å². The molecule has 1 nitrogen and oxygen atoms in total. The predicted molar refractivity (Wildman–Crippen MR) is 109 cm³/mol. The Morgan fingerprint density at radius 3 is 2.44 bits per heavy atom. The summed E-state index contributed by atoms with van der Waals surface area (Å²) >= 11 is 0. The summed E-state index contributed by atoms with van der Waals surface area (Å²) < 4.78 is 0. The Balaban J connectivity index is 1.93. The van der Waals surface area contributed by atoms with E-state index in [0.29, 0.717) is 5.92 Å². The van der Waals surface area contributed by atoms with Crippen LogP contribution in [0, 0.1) is 0 Å². The van der Waals surface area contributed by atoms with Crippen LogP contribution in [-0.4, -0.2) is 11.8 Å². The fraction of sp³-hybridized carbons (Fsp3) is 0.208. The third kappa shape index (κ3) is 3.02. The Hall–Kier alpha value is -2.67. The molecule has 0 spiro atoms. The molecule has 1 aliphatic carbocycles. The lowest BCUT2D eigenvalue weighted by Crippen LogP contribution is -2.11. The van der Waals surface area contributed by atoms with Gasteiger partial charge in [0.15, 0.2) is 0 Å². The van der Waals surface area contributed by atoms with Gasteiger partial charge in [0.25, 0.3) is 0 Å². The summed E-state index contributed by atoms with van der Waals surface area (Å²) in [6.07, 6.45) is 6.62. The van der Waals surface area contributed by atoms with Crippen LogP contribution in [-0.2, 0) is 0 Å². The number of benzene rings is 3. The van der Waals surface area contributed by atoms with E-state index in [2.05, 4.69) is 99.8 Å². The molecule has 25 heavy (non-hydrogen) atoms. The van der Waals surface area contributed by atoms with Gasteiger partial charge < -0.3 is 0 Å². The number of rotatable bonds is 2. The van der Waals surface area contributed by atoms with Crippen LogP contribution in [0.3, 0.4) is 0 Å². The third-order valence-corrected chi connectivity index (χ3v) is 4.72. The lowest BCUT2D eigenvalue weighted by atomic mass is 9.87. The Labute approximate surface area is 149 Å². The zero-order valence-corrected chi connectivity index (χ0v) is 15.0. The maximum absolute atomic E-state index is 4.82. The number of fused-ring (bicyclic) bond motifs is 2. The molecule has 0 saturated heterocycles. The Morgan fingerprint density at radius 2 is 1.60 bits per heavy atom. The van der Waals surface area contributed by atoms with Gasteiger partial charge in [0, 0.05) is 17.7 Å². The normalized spacial score (nSPS) is 16.7. The highest BCUT2D eigenvalue weighted by Gasteiger charge is 2.22. The van der Waals surface area contributed by atoms with Crippen molar-refractivity contribution in [3.63, 3.8) is 0 Å². The molecule has 0 amide bonds. The van der Waals surface area contributed by atoms with Crippen molar-refractivity contribution in [2.24, 2.45) is 4.99 Å². The number of hydrogen-bond acceptors (Lipinski definition) is 1. The van der Waals surface area contributed by atoms with E-state index in [1.165, 1.54) is 33.0 Å². The second kappa shape index (κ2) is 6.00. The van der Waals surface area contributed by atoms with Gasteiger partial charge in [0.2, 0.25) is 0 Å². The maximum atomic E-state index is 4.82. The Bertz CT molecular complexity index is 986. The molecule has 4 rings (SSSR count). The quantitative estimate of drug-likeness (QED) is 0.496. The zero-order valence-electron chi connectivity index (χ0n) is 15.0. The highest BCUT2D eigenvalue weighted by atomic mass is 14.8. The molecule has 0 saturated carbocycles. The van der Waals surface area contributed by atoms with Gasteiger partial charge in [-0.25, -0.2) is 0 Å². The van der Waals surface area contributed by atoms with Gasteiger partial charge in [-0.1, -0.05) is 72.8 Å². The van der Waals surface area contributed by atoms with Crippen molar-refractivity contribution in [2.75, 3.05) is 0 Å². The number of aliphatic imine (C=N–C) groups is 1. The molecule has 3 aromatic rings. The molecular formula is C24H23N. The van der Waals surface area contributed by atoms with Crippen LogP contribution in [0.1, 0.15) is 48.9 Å². The van der Waals surface area contributed by atoms with Gasteiger partial charge in [-0.15, -0.1) is 0 Å². The molecular weight excluding hydrogens is 302 g/mol. The lowest BCUT2D eigenvalue weighted by Gasteiger charge is -2.18. The van der Waals surface area contributed by atoms with Crippen LogP contribution >= 0.6 is 0 Å². The van der Waals surface area contributed by atoms with E-state index in [9.17, 15) is 0 Å². The van der Waals surface area contributed by atoms with Crippen LogP contribution in [0.15, 0.2) is 71.7 Å². The summed E-state index contributed by atoms with van der Waals surface area (Å²) in [4.78, 5) is 4.82. The standard InChI is InChI=1S/C24H23N/c1-24(2,3)25-16-23-20-11-7-5-9-18(20)13-15-22(23)21-14-12-17-8-4-6-10-19(17)21/h4-16,21H,1-3H3. The van der Waals surface area contributed by atoms with Gasteiger partial charge in [-0.05, 0) is 48.2 Å². The number of hydrogen-bond donors (Lipinski definition) is 0. The Morgan fingerprint density at radius 1 is 0.840 bits per heavy atom. The zero-order chi connectivity index (χ0) is 17.4. The molecule has 0 aromatic heterocycles. The fourth-order valence-electron chi connectivity index (χ4n) is 3.51. The van der Waals surface area contributed by atoms with Crippen molar-refractivity contribution in [1.29, 1.82) is 0 Å². The minimum atomic E-state index is -0.0857. The summed E-state index contributed by atoms with van der Waals surface area (Å²) in [7, 11) is 0. The molecule has 0 heterocycles. The molecule has 0 bridgehead atoms. The number of nitrogens with zero attached hydrogens (tertiary/aromatic N) is 1. The van der Waals surface area contributed by atoms with Crippen molar-refractivity contribution in [3.8, 4) is 0 Å². The smallest absolute Gasteiger partial charge is 0.0524 e. The molecule has 0 radical (unpaired) electrons. The minimum Gasteiger partial charge on any atom is -0.287 e. The highest BCUT2D eigenvalue weighted by molar-refractivity contribution is 6.02. The van der Waals surface area contributed by atoms with Gasteiger partial charge in [-0.3, -0.25) is 4.99 Å². The molecule has 1 atom stereocenters. The molecule has 0 fully saturated rings. The second-order valence-corrected chi connectivity index (χ2v) is 7.68. The molecule has 0 aliphatic heterocycles. The lowest BCUT2D eigenvalue weighted by molar-refractivity contribution is 0.586. The second-order valence-electron chi connectivity index (χ2n) is 7.68. The third-order valence-electron chi connectivity index (χ3n) is 4.72. The maximum Gasteiger partial charge on any atom is 0.0524 e. The first kappa shape index (κ1) is 15.8. The molecule has 124 valence electrons. The van der Waals surface area contributed by atoms with Crippen LogP contribution < -0.4 is 0 Å². The monoisotopic (exact) mass is 325 g/mol. The van der Waals surface area contributed by atoms with Crippen molar-refractivity contribution >= 4 is 23.1 Å². The van der Waals surface area contributed by atoms with Crippen LogP contribution in [0.25, 0.3) is 16.8 Å². The van der Waals surface area contributed by atoms with Crippen LogP contribution in [0.5, 0.6) is 0 Å². The van der Waals surface area contributed by atoms with Crippen LogP contribution in [0.4, 0.5) is 0 Å². The van der Waals surface area contributed by atoms with E-state index < -0.39 is 0 Å². The van der Waals surface area contributed by atoms with Crippen molar-refractivity contribution in [1.82, 2.24) is 0 Å². The molecule has 1 unspecified atom stereocenters. The van der Waals surface area contributed by atoms with Gasteiger partial charge >= 0.3 is 0 Å². The summed E-state index contributed by atoms with van der Waals surface area (Å²) in [6.45, 7) is 6.41. The fourth-order valence-corrected chi connectivity index (χ4v) is 3.51. The first-order valence-electron chi connectivity index (χ1n) is 8.87. The molecule has 3 aromatic carbocycles. The first-order chi connectivity index (χ1) is 12.0. The van der Waals surface area contributed by atoms with E-state index >= 15 is 0 Å². The highest BCUT2D eigenvalue weighted by Crippen LogP contribution is 2.38. The van der Waals surface area contributed by atoms with E-state index in [4.69, 9.17) is 4.99 Å². The molecule has 1 aliphatic rings. The average Bonchev–Trinajstić information content (AvgIpc) is 3.02. The Kier molecular flexibility index (Phi) is 3.80.